The maximum absolute atomic E-state index is 10.7. The fourth-order valence-electron chi connectivity index (χ4n) is 4.23. The molecule has 2 N–H and O–H groups in total. The molecule has 6 nitrogen and oxygen atoms in total. The normalized spacial score (nSPS) is 15.3. The minimum Gasteiger partial charge on any atom is -0.481 e. The van der Waals surface area contributed by atoms with Crippen molar-refractivity contribution in [2.24, 2.45) is 0 Å². The maximum Gasteiger partial charge on any atom is 0.303 e. The number of carboxylic acids is 1. The molecule has 0 bridgehead atoms. The monoisotopic (exact) mass is 499 g/mol. The number of benzene rings is 2. The fourth-order valence-corrected chi connectivity index (χ4v) is 4.48. The molecular weight excluding hydrogens is 473 g/mol. The van der Waals surface area contributed by atoms with E-state index >= 15 is 0 Å². The lowest BCUT2D eigenvalue weighted by Gasteiger charge is -2.33. The average molecular weight is 500 g/mol. The topological polar surface area (TPSA) is 86.5 Å². The van der Waals surface area contributed by atoms with Crippen molar-refractivity contribution in [3.8, 4) is 22.5 Å². The van der Waals surface area contributed by atoms with Crippen molar-refractivity contribution in [2.45, 2.75) is 44.6 Å². The Morgan fingerprint density at radius 3 is 2.03 bits per heavy atom. The van der Waals surface area contributed by atoms with Crippen molar-refractivity contribution >= 4 is 35.0 Å². The summed E-state index contributed by atoms with van der Waals surface area (Å²) < 4.78 is 0. The van der Waals surface area contributed by atoms with Crippen LogP contribution in [-0.2, 0) is 11.2 Å². The summed E-state index contributed by atoms with van der Waals surface area (Å²) in [6.07, 6.45) is 3.49. The maximum atomic E-state index is 10.7. The number of fused-ring (bicyclic) bond motifs is 1. The van der Waals surface area contributed by atoms with Crippen LogP contribution in [0.5, 0.6) is 0 Å². The predicted octanol–water partition coefficient (Wildman–Crippen LogP) is 5.88. The zero-order valence-corrected chi connectivity index (χ0v) is 20.3. The molecule has 1 aliphatic heterocycles. The summed E-state index contributed by atoms with van der Waals surface area (Å²) in [6.45, 7) is 1.23. The smallest absolute Gasteiger partial charge is 0.303 e. The van der Waals surface area contributed by atoms with Crippen molar-refractivity contribution in [3.05, 3.63) is 64.3 Å². The molecule has 0 fully saturated rings. The van der Waals surface area contributed by atoms with Gasteiger partial charge in [-0.2, -0.15) is 0 Å². The number of rotatable bonds is 9. The molecule has 3 aromatic rings. The molecule has 1 aromatic heterocycles. The van der Waals surface area contributed by atoms with Crippen LogP contribution in [-0.4, -0.2) is 45.3 Å². The lowest BCUT2D eigenvalue weighted by molar-refractivity contribution is -0.137. The molecule has 0 aliphatic carbocycles. The second-order valence-electron chi connectivity index (χ2n) is 8.57. The van der Waals surface area contributed by atoms with Crippen LogP contribution >= 0.6 is 23.2 Å². The van der Waals surface area contributed by atoms with Gasteiger partial charge in [0, 0.05) is 47.1 Å². The van der Waals surface area contributed by atoms with Gasteiger partial charge in [-0.05, 0) is 37.1 Å². The highest BCUT2D eigenvalue weighted by Gasteiger charge is 2.28. The van der Waals surface area contributed by atoms with Gasteiger partial charge < -0.3 is 15.1 Å². The number of aliphatic hydroxyl groups is 1. The first-order chi connectivity index (χ1) is 16.4. The number of aromatic nitrogens is 2. The molecule has 178 valence electrons. The first-order valence-electron chi connectivity index (χ1n) is 11.5. The number of hydrogen-bond donors (Lipinski definition) is 2. The molecule has 1 unspecified atom stereocenters. The van der Waals surface area contributed by atoms with Gasteiger partial charge in [0.1, 0.15) is 0 Å². The van der Waals surface area contributed by atoms with Gasteiger partial charge in [-0.15, -0.1) is 0 Å². The van der Waals surface area contributed by atoms with E-state index in [1.54, 1.807) is 0 Å². The molecule has 34 heavy (non-hydrogen) atoms. The van der Waals surface area contributed by atoms with E-state index in [1.807, 2.05) is 48.5 Å². The van der Waals surface area contributed by atoms with E-state index in [-0.39, 0.29) is 6.42 Å². The molecule has 0 amide bonds. The molecule has 4 rings (SSSR count). The second kappa shape index (κ2) is 11.2. The molecule has 0 spiro atoms. The number of carbonyl (C=O) groups is 1. The van der Waals surface area contributed by atoms with Crippen LogP contribution in [0.4, 0.5) is 5.82 Å². The molecule has 0 radical (unpaired) electrons. The Hall–Kier alpha value is -2.67. The summed E-state index contributed by atoms with van der Waals surface area (Å²) in [5.41, 5.74) is 4.06. The zero-order valence-electron chi connectivity index (χ0n) is 18.8. The third-order valence-corrected chi connectivity index (χ3v) is 6.41. The Morgan fingerprint density at radius 2 is 1.44 bits per heavy atom. The molecule has 8 heteroatoms. The highest BCUT2D eigenvalue weighted by atomic mass is 35.5. The highest BCUT2D eigenvalue weighted by molar-refractivity contribution is 6.31. The molecular formula is C26H27Cl2N3O3. The van der Waals surface area contributed by atoms with Crippen LogP contribution < -0.4 is 4.90 Å². The standard InChI is InChI=1S/C26H27Cl2N3O3/c27-19-10-6-17(7-11-19)24-25(18-8-12-20(28)13-9-18)30-26-22(29-24)15-21(32)16-31(26)14-4-2-1-3-5-23(33)34/h6-13,21,32H,1-5,14-16H2,(H,33,34). The van der Waals surface area contributed by atoms with Gasteiger partial charge in [-0.25, -0.2) is 9.97 Å². The van der Waals surface area contributed by atoms with Crippen molar-refractivity contribution in [2.75, 3.05) is 18.0 Å². The van der Waals surface area contributed by atoms with Crippen molar-refractivity contribution < 1.29 is 15.0 Å². The van der Waals surface area contributed by atoms with E-state index in [9.17, 15) is 9.90 Å². The number of halogens is 2. The molecule has 2 aromatic carbocycles. The zero-order chi connectivity index (χ0) is 24.1. The molecule has 0 saturated heterocycles. The van der Waals surface area contributed by atoms with Crippen LogP contribution in [0.15, 0.2) is 48.5 Å². The van der Waals surface area contributed by atoms with Crippen molar-refractivity contribution in [3.63, 3.8) is 0 Å². The van der Waals surface area contributed by atoms with Crippen LogP contribution in [0.3, 0.4) is 0 Å². The number of aliphatic hydroxyl groups excluding tert-OH is 1. The third-order valence-electron chi connectivity index (χ3n) is 5.91. The number of nitrogens with zero attached hydrogens (tertiary/aromatic N) is 3. The Bertz CT molecular complexity index is 1140. The van der Waals surface area contributed by atoms with Crippen molar-refractivity contribution in [1.82, 2.24) is 9.97 Å². The SMILES string of the molecule is O=C(O)CCCCCCN1CC(O)Cc2nc(-c3ccc(Cl)cc3)c(-c3ccc(Cl)cc3)nc21. The summed E-state index contributed by atoms with van der Waals surface area (Å²) in [5, 5.41) is 20.6. The van der Waals surface area contributed by atoms with E-state index in [1.165, 1.54) is 0 Å². The minimum atomic E-state index is -0.755. The Balaban J connectivity index is 1.65. The number of aliphatic carboxylic acids is 1. The number of hydrogen-bond acceptors (Lipinski definition) is 5. The number of carboxylic acid groups (broad SMARTS) is 1. The first-order valence-corrected chi connectivity index (χ1v) is 12.2. The fraction of sp³-hybridized carbons (Fsp3) is 0.346. The van der Waals surface area contributed by atoms with Crippen LogP contribution in [0.2, 0.25) is 10.0 Å². The summed E-state index contributed by atoms with van der Waals surface area (Å²) in [6, 6.07) is 15.0. The summed E-state index contributed by atoms with van der Waals surface area (Å²) >= 11 is 12.2. The largest absolute Gasteiger partial charge is 0.481 e. The molecule has 1 aliphatic rings. The lowest BCUT2D eigenvalue weighted by atomic mass is 10.0. The van der Waals surface area contributed by atoms with Crippen LogP contribution in [0.1, 0.15) is 37.8 Å². The van der Waals surface area contributed by atoms with Crippen molar-refractivity contribution in [1.29, 1.82) is 0 Å². The predicted molar refractivity (Wildman–Crippen MR) is 136 cm³/mol. The van der Waals surface area contributed by atoms with Crippen LogP contribution in [0.25, 0.3) is 22.5 Å². The first kappa shape index (κ1) is 24.5. The van der Waals surface area contributed by atoms with Gasteiger partial charge in [0.15, 0.2) is 5.82 Å². The minimum absolute atomic E-state index is 0.203. The number of β-amino-alcohol motifs (C(OH)–C–C–N with tert-alkyl or cyclic N) is 1. The van der Waals surface area contributed by atoms with E-state index in [2.05, 4.69) is 4.90 Å². The van der Waals surface area contributed by atoms with E-state index in [0.29, 0.717) is 29.4 Å². The van der Waals surface area contributed by atoms with Gasteiger partial charge in [-0.3, -0.25) is 4.79 Å². The molecule has 2 heterocycles. The average Bonchev–Trinajstić information content (AvgIpc) is 2.81. The third kappa shape index (κ3) is 6.06. The Kier molecular flexibility index (Phi) is 8.03. The van der Waals surface area contributed by atoms with Gasteiger partial charge in [-0.1, -0.05) is 60.3 Å². The van der Waals surface area contributed by atoms with Gasteiger partial charge >= 0.3 is 5.97 Å². The van der Waals surface area contributed by atoms with E-state index in [4.69, 9.17) is 38.3 Å². The van der Waals surface area contributed by atoms with E-state index < -0.39 is 12.1 Å². The number of anilines is 1. The Morgan fingerprint density at radius 1 is 0.882 bits per heavy atom. The van der Waals surface area contributed by atoms with Gasteiger partial charge in [0.25, 0.3) is 0 Å². The lowest BCUT2D eigenvalue weighted by Crippen LogP contribution is -2.40. The summed E-state index contributed by atoms with van der Waals surface area (Å²) in [7, 11) is 0. The van der Waals surface area contributed by atoms with Gasteiger partial charge in [0.05, 0.1) is 23.2 Å². The second-order valence-corrected chi connectivity index (χ2v) is 9.44. The highest BCUT2D eigenvalue weighted by Crippen LogP contribution is 2.35. The molecule has 0 saturated carbocycles. The number of unbranched alkanes of at least 4 members (excludes halogenated alkanes) is 3. The summed E-state index contributed by atoms with van der Waals surface area (Å²) in [5.74, 6) is 0.0353. The quantitative estimate of drug-likeness (QED) is 0.357. The van der Waals surface area contributed by atoms with Gasteiger partial charge in [0.2, 0.25) is 0 Å². The molecule has 1 atom stereocenters. The van der Waals surface area contributed by atoms with E-state index in [0.717, 1.165) is 59.8 Å². The Labute approximate surface area is 209 Å². The van der Waals surface area contributed by atoms with Crippen LogP contribution in [0, 0.1) is 0 Å². The summed E-state index contributed by atoms with van der Waals surface area (Å²) in [4.78, 5) is 22.8.